The highest BCUT2D eigenvalue weighted by molar-refractivity contribution is 7.90. The summed E-state index contributed by atoms with van der Waals surface area (Å²) >= 11 is 0. The van der Waals surface area contributed by atoms with Crippen LogP contribution < -0.4 is 15.0 Å². The number of anilines is 1. The topological polar surface area (TPSA) is 119 Å². The van der Waals surface area contributed by atoms with Crippen molar-refractivity contribution in [2.24, 2.45) is 0 Å². The number of nitrogens with zero attached hydrogens (tertiary/aromatic N) is 2. The van der Waals surface area contributed by atoms with Crippen molar-refractivity contribution in [1.29, 1.82) is 0 Å². The van der Waals surface area contributed by atoms with Gasteiger partial charge in [-0.05, 0) is 49.2 Å². The Labute approximate surface area is 174 Å². The minimum atomic E-state index is -3.77. The van der Waals surface area contributed by atoms with Gasteiger partial charge in [0.25, 0.3) is 11.6 Å². The second-order valence-corrected chi connectivity index (χ2v) is 9.13. The summed E-state index contributed by atoms with van der Waals surface area (Å²) in [6, 6.07) is 11.1. The van der Waals surface area contributed by atoms with Crippen LogP contribution in [-0.4, -0.2) is 51.7 Å². The quantitative estimate of drug-likeness (QED) is 0.549. The molecule has 2 aromatic rings. The van der Waals surface area contributed by atoms with E-state index in [9.17, 15) is 23.3 Å². The number of hydrogen-bond acceptors (Lipinski definition) is 7. The summed E-state index contributed by atoms with van der Waals surface area (Å²) in [4.78, 5) is 24.8. The fraction of sp³-hybridized carbons (Fsp3) is 0.350. The largest absolute Gasteiger partial charge is 0.497 e. The lowest BCUT2D eigenvalue weighted by Crippen LogP contribution is -2.44. The van der Waals surface area contributed by atoms with Crippen LogP contribution >= 0.6 is 0 Å². The van der Waals surface area contributed by atoms with Crippen molar-refractivity contribution >= 4 is 27.1 Å². The molecule has 1 amide bonds. The average molecular weight is 433 g/mol. The van der Waals surface area contributed by atoms with Gasteiger partial charge < -0.3 is 15.0 Å². The molecule has 10 heteroatoms. The predicted molar refractivity (Wildman–Crippen MR) is 112 cm³/mol. The Kier molecular flexibility index (Phi) is 6.25. The number of nitro benzene ring substituents is 1. The van der Waals surface area contributed by atoms with Gasteiger partial charge in [-0.3, -0.25) is 14.9 Å². The van der Waals surface area contributed by atoms with E-state index < -0.39 is 31.3 Å². The van der Waals surface area contributed by atoms with Gasteiger partial charge in [0.15, 0.2) is 9.84 Å². The third-order valence-corrected chi connectivity index (χ3v) is 6.23. The summed E-state index contributed by atoms with van der Waals surface area (Å²) < 4.78 is 28.6. The molecule has 0 aromatic heterocycles. The molecule has 9 nitrogen and oxygen atoms in total. The maximum atomic E-state index is 12.6. The molecule has 30 heavy (non-hydrogen) atoms. The first kappa shape index (κ1) is 21.6. The van der Waals surface area contributed by atoms with Crippen molar-refractivity contribution in [3.8, 4) is 5.75 Å². The number of carbonyl (C=O) groups is 1. The molecular formula is C20H23N3O6S. The van der Waals surface area contributed by atoms with E-state index in [2.05, 4.69) is 10.2 Å². The molecule has 0 spiro atoms. The van der Waals surface area contributed by atoms with Gasteiger partial charge in [-0.25, -0.2) is 8.42 Å². The molecule has 1 aliphatic rings. The summed E-state index contributed by atoms with van der Waals surface area (Å²) in [5, 5.41) is 14.1. The molecule has 0 atom stereocenters. The third kappa shape index (κ3) is 4.88. The third-order valence-electron chi connectivity index (χ3n) is 5.09. The van der Waals surface area contributed by atoms with Crippen molar-refractivity contribution in [3.63, 3.8) is 0 Å². The lowest BCUT2D eigenvalue weighted by molar-refractivity contribution is -0.387. The molecule has 0 aliphatic carbocycles. The lowest BCUT2D eigenvalue weighted by Gasteiger charge is -2.34. The molecule has 1 aliphatic heterocycles. The van der Waals surface area contributed by atoms with Crippen molar-refractivity contribution in [2.75, 3.05) is 31.4 Å². The van der Waals surface area contributed by atoms with Gasteiger partial charge in [-0.1, -0.05) is 0 Å². The molecule has 0 bridgehead atoms. The van der Waals surface area contributed by atoms with Crippen LogP contribution in [0.3, 0.4) is 0 Å². The Morgan fingerprint density at radius 3 is 2.33 bits per heavy atom. The Bertz CT molecular complexity index is 1040. The number of rotatable bonds is 6. The van der Waals surface area contributed by atoms with Crippen LogP contribution in [0.1, 0.15) is 23.2 Å². The highest BCUT2D eigenvalue weighted by Gasteiger charge is 2.26. The number of hydrogen-bond donors (Lipinski definition) is 1. The standard InChI is InChI=1S/C20H23N3O6S/c1-29-17-6-4-16(5-7-17)22-11-9-15(10-12-22)21-20(24)14-3-8-19(30(2,27)28)18(13-14)23(25)26/h3-8,13,15H,9-12H2,1-2H3,(H,21,24). The monoisotopic (exact) mass is 433 g/mol. The van der Waals surface area contributed by atoms with Gasteiger partial charge in [-0.15, -0.1) is 0 Å². The van der Waals surface area contributed by atoms with E-state index in [0.717, 1.165) is 55.8 Å². The second kappa shape index (κ2) is 8.70. The van der Waals surface area contributed by atoms with Gasteiger partial charge in [0.2, 0.25) is 0 Å². The smallest absolute Gasteiger partial charge is 0.288 e. The van der Waals surface area contributed by atoms with Crippen LogP contribution in [0.15, 0.2) is 47.4 Å². The highest BCUT2D eigenvalue weighted by Crippen LogP contribution is 2.26. The first-order valence-electron chi connectivity index (χ1n) is 9.37. The molecule has 2 aromatic carbocycles. The number of nitro groups is 1. The van der Waals surface area contributed by atoms with E-state index in [0.29, 0.717) is 0 Å². The summed E-state index contributed by atoms with van der Waals surface area (Å²) in [5.41, 5.74) is 0.540. The zero-order chi connectivity index (χ0) is 21.9. The lowest BCUT2D eigenvalue weighted by atomic mass is 10.0. The van der Waals surface area contributed by atoms with E-state index >= 15 is 0 Å². The van der Waals surface area contributed by atoms with Crippen LogP contribution in [0, 0.1) is 10.1 Å². The number of carbonyl (C=O) groups excluding carboxylic acids is 1. The summed E-state index contributed by atoms with van der Waals surface area (Å²) in [6.45, 7) is 1.51. The van der Waals surface area contributed by atoms with E-state index in [-0.39, 0.29) is 11.6 Å². The Morgan fingerprint density at radius 2 is 1.80 bits per heavy atom. The molecule has 1 N–H and O–H groups in total. The van der Waals surface area contributed by atoms with E-state index in [1.165, 1.54) is 6.07 Å². The molecule has 0 saturated carbocycles. The molecule has 160 valence electrons. The van der Waals surface area contributed by atoms with Crippen molar-refractivity contribution < 1.29 is 22.9 Å². The van der Waals surface area contributed by atoms with E-state index in [1.54, 1.807) is 7.11 Å². The minimum Gasteiger partial charge on any atom is -0.497 e. The number of nitrogens with one attached hydrogen (secondary N) is 1. The molecular weight excluding hydrogens is 410 g/mol. The predicted octanol–water partition coefficient (Wildman–Crippen LogP) is 2.41. The maximum Gasteiger partial charge on any atom is 0.288 e. The molecule has 3 rings (SSSR count). The zero-order valence-electron chi connectivity index (χ0n) is 16.7. The molecule has 1 saturated heterocycles. The van der Waals surface area contributed by atoms with Crippen molar-refractivity contribution in [2.45, 2.75) is 23.8 Å². The van der Waals surface area contributed by atoms with Crippen LogP contribution in [0.25, 0.3) is 0 Å². The molecule has 1 fully saturated rings. The normalized spacial score (nSPS) is 14.9. The van der Waals surface area contributed by atoms with Crippen molar-refractivity contribution in [3.05, 3.63) is 58.1 Å². The maximum absolute atomic E-state index is 12.6. The first-order valence-corrected chi connectivity index (χ1v) is 11.3. The van der Waals surface area contributed by atoms with E-state index in [1.807, 2.05) is 24.3 Å². The zero-order valence-corrected chi connectivity index (χ0v) is 17.5. The number of ether oxygens (including phenoxy) is 1. The van der Waals surface area contributed by atoms with Gasteiger partial charge >= 0.3 is 0 Å². The number of benzene rings is 2. The van der Waals surface area contributed by atoms with Gasteiger partial charge in [0.1, 0.15) is 10.6 Å². The Hall–Kier alpha value is -3.14. The molecule has 0 unspecified atom stereocenters. The van der Waals surface area contributed by atoms with Crippen molar-refractivity contribution in [1.82, 2.24) is 5.32 Å². The highest BCUT2D eigenvalue weighted by atomic mass is 32.2. The molecule has 1 heterocycles. The van der Waals surface area contributed by atoms with Gasteiger partial charge in [0.05, 0.1) is 12.0 Å². The summed E-state index contributed by atoms with van der Waals surface area (Å²) in [7, 11) is -2.15. The van der Waals surface area contributed by atoms with Crippen LogP contribution in [-0.2, 0) is 9.84 Å². The number of amides is 1. The first-order chi connectivity index (χ1) is 14.2. The Balaban J connectivity index is 1.64. The minimum absolute atomic E-state index is 0.0617. The Morgan fingerprint density at radius 1 is 1.17 bits per heavy atom. The summed E-state index contributed by atoms with van der Waals surface area (Å²) in [5.74, 6) is 0.331. The number of sulfone groups is 1. The van der Waals surface area contributed by atoms with Crippen LogP contribution in [0.5, 0.6) is 5.75 Å². The average Bonchev–Trinajstić information content (AvgIpc) is 2.73. The fourth-order valence-corrected chi connectivity index (χ4v) is 4.29. The van der Waals surface area contributed by atoms with Gasteiger partial charge in [0, 0.05) is 42.7 Å². The van der Waals surface area contributed by atoms with Crippen LogP contribution in [0.4, 0.5) is 11.4 Å². The van der Waals surface area contributed by atoms with E-state index in [4.69, 9.17) is 4.74 Å². The summed E-state index contributed by atoms with van der Waals surface area (Å²) in [6.07, 6.45) is 2.34. The van der Waals surface area contributed by atoms with Crippen LogP contribution in [0.2, 0.25) is 0 Å². The number of methoxy groups -OCH3 is 1. The SMILES string of the molecule is COc1ccc(N2CCC(NC(=O)c3ccc(S(C)(=O)=O)c([N+](=O)[O-])c3)CC2)cc1. The molecule has 0 radical (unpaired) electrons. The fourth-order valence-electron chi connectivity index (χ4n) is 3.46. The van der Waals surface area contributed by atoms with Gasteiger partial charge in [-0.2, -0.15) is 0 Å². The second-order valence-electron chi connectivity index (χ2n) is 7.14. The number of piperidine rings is 1.